The smallest absolute Gasteiger partial charge is 0.224 e. The molecule has 0 aliphatic rings. The van der Waals surface area contributed by atoms with Gasteiger partial charge in [-0.1, -0.05) is 0 Å². The van der Waals surface area contributed by atoms with Gasteiger partial charge in [0.25, 0.3) is 0 Å². The number of carbonyl (C=O) groups is 2. The molecule has 3 aromatic rings. The van der Waals surface area contributed by atoms with E-state index < -0.39 is 0 Å². The summed E-state index contributed by atoms with van der Waals surface area (Å²) in [5.74, 6) is 2.31. The van der Waals surface area contributed by atoms with E-state index in [-0.39, 0.29) is 11.8 Å². The van der Waals surface area contributed by atoms with Gasteiger partial charge in [0.15, 0.2) is 0 Å². The topological polar surface area (TPSA) is 71.3 Å². The molecule has 0 saturated heterocycles. The van der Waals surface area contributed by atoms with Gasteiger partial charge in [-0.05, 0) is 73.5 Å². The van der Waals surface area contributed by atoms with Gasteiger partial charge in [0.05, 0.1) is 0 Å². The number of amides is 2. The molecule has 2 aromatic carbocycles. The van der Waals surface area contributed by atoms with Crippen LogP contribution in [0.5, 0.6) is 0 Å². The van der Waals surface area contributed by atoms with E-state index >= 15 is 0 Å². The Morgan fingerprint density at radius 1 is 0.645 bits per heavy atom. The maximum absolute atomic E-state index is 11.8. The van der Waals surface area contributed by atoms with Crippen LogP contribution in [0.1, 0.15) is 25.7 Å². The molecule has 0 radical (unpaired) electrons. The van der Waals surface area contributed by atoms with Crippen molar-refractivity contribution in [1.82, 2.24) is 0 Å². The molecule has 162 valence electrons. The second-order valence-corrected chi connectivity index (χ2v) is 7.76. The SMILES string of the molecule is O=C(CCCCl)Nc1ccc(-c2ccc(-c3ccc(NC(=O)CCCCl)cc3)o2)cc1. The van der Waals surface area contributed by atoms with Gasteiger partial charge >= 0.3 is 0 Å². The minimum absolute atomic E-state index is 0.0487. The van der Waals surface area contributed by atoms with Crippen molar-refractivity contribution in [3.8, 4) is 22.6 Å². The second-order valence-electron chi connectivity index (χ2n) is 7.00. The fourth-order valence-corrected chi connectivity index (χ4v) is 3.25. The minimum atomic E-state index is -0.0487. The molecule has 1 heterocycles. The number of rotatable bonds is 10. The zero-order valence-corrected chi connectivity index (χ0v) is 18.5. The first-order valence-corrected chi connectivity index (χ1v) is 11.2. The first-order chi connectivity index (χ1) is 15.1. The van der Waals surface area contributed by atoms with Crippen molar-refractivity contribution in [1.29, 1.82) is 0 Å². The van der Waals surface area contributed by atoms with Crippen molar-refractivity contribution in [3.63, 3.8) is 0 Å². The third-order valence-corrected chi connectivity index (χ3v) is 5.12. The lowest BCUT2D eigenvalue weighted by atomic mass is 10.1. The average molecular weight is 459 g/mol. The summed E-state index contributed by atoms with van der Waals surface area (Å²) in [4.78, 5) is 23.6. The summed E-state index contributed by atoms with van der Waals surface area (Å²) in [5.41, 5.74) is 3.29. The van der Waals surface area contributed by atoms with Crippen molar-refractivity contribution in [2.24, 2.45) is 0 Å². The van der Waals surface area contributed by atoms with Crippen molar-refractivity contribution < 1.29 is 14.0 Å². The number of nitrogens with one attached hydrogen (secondary N) is 2. The molecular formula is C24H24Cl2N2O3. The van der Waals surface area contributed by atoms with Crippen LogP contribution in [0.2, 0.25) is 0 Å². The molecule has 3 rings (SSSR count). The largest absolute Gasteiger partial charge is 0.456 e. The van der Waals surface area contributed by atoms with Crippen LogP contribution < -0.4 is 10.6 Å². The summed E-state index contributed by atoms with van der Waals surface area (Å²) in [6.45, 7) is 0. The molecule has 0 aliphatic heterocycles. The van der Waals surface area contributed by atoms with E-state index in [1.54, 1.807) is 0 Å². The molecule has 2 N–H and O–H groups in total. The maximum atomic E-state index is 11.8. The van der Waals surface area contributed by atoms with Gasteiger partial charge in [0, 0.05) is 47.1 Å². The summed E-state index contributed by atoms with van der Waals surface area (Å²) in [6.07, 6.45) is 2.12. The quantitative estimate of drug-likeness (QED) is 0.339. The predicted octanol–water partition coefficient (Wildman–Crippen LogP) is 6.53. The van der Waals surface area contributed by atoms with Crippen LogP contribution in [0.15, 0.2) is 65.1 Å². The molecule has 0 atom stereocenters. The Morgan fingerprint density at radius 2 is 1.03 bits per heavy atom. The summed E-state index contributed by atoms with van der Waals surface area (Å²) in [7, 11) is 0. The van der Waals surface area contributed by atoms with Gasteiger partial charge in [-0.25, -0.2) is 0 Å². The predicted molar refractivity (Wildman–Crippen MR) is 127 cm³/mol. The minimum Gasteiger partial charge on any atom is -0.456 e. The van der Waals surface area contributed by atoms with Crippen LogP contribution in [-0.2, 0) is 9.59 Å². The monoisotopic (exact) mass is 458 g/mol. The summed E-state index contributed by atoms with van der Waals surface area (Å²) in [5, 5.41) is 5.70. The van der Waals surface area contributed by atoms with Gasteiger partial charge in [-0.2, -0.15) is 0 Å². The number of alkyl halides is 2. The van der Waals surface area contributed by atoms with E-state index in [4.69, 9.17) is 27.6 Å². The lowest BCUT2D eigenvalue weighted by Crippen LogP contribution is -2.11. The third-order valence-electron chi connectivity index (χ3n) is 4.59. The van der Waals surface area contributed by atoms with Crippen molar-refractivity contribution >= 4 is 46.4 Å². The van der Waals surface area contributed by atoms with Crippen LogP contribution in [0.3, 0.4) is 0 Å². The van der Waals surface area contributed by atoms with E-state index in [1.165, 1.54) is 0 Å². The Bertz CT molecular complexity index is 918. The van der Waals surface area contributed by atoms with Crippen LogP contribution in [0.4, 0.5) is 11.4 Å². The Balaban J connectivity index is 1.62. The van der Waals surface area contributed by atoms with E-state index in [2.05, 4.69) is 10.6 Å². The summed E-state index contributed by atoms with van der Waals surface area (Å²) in [6, 6.07) is 18.8. The first-order valence-electron chi connectivity index (χ1n) is 10.1. The number of carbonyl (C=O) groups excluding carboxylic acids is 2. The van der Waals surface area contributed by atoms with Crippen LogP contribution in [0, 0.1) is 0 Å². The molecule has 0 saturated carbocycles. The maximum Gasteiger partial charge on any atom is 0.224 e. The average Bonchev–Trinajstić information content (AvgIpc) is 3.27. The Kier molecular flexibility index (Phi) is 8.56. The Morgan fingerprint density at radius 3 is 1.39 bits per heavy atom. The normalized spacial score (nSPS) is 10.6. The van der Waals surface area contributed by atoms with Crippen molar-refractivity contribution in [3.05, 3.63) is 60.7 Å². The van der Waals surface area contributed by atoms with Gasteiger partial charge in [0.2, 0.25) is 11.8 Å². The van der Waals surface area contributed by atoms with Gasteiger partial charge in [-0.15, -0.1) is 23.2 Å². The second kappa shape index (κ2) is 11.6. The standard InChI is InChI=1S/C24H24Cl2N2O3/c25-15-1-3-23(29)27-19-9-5-17(6-10-19)21-13-14-22(31-21)18-7-11-20(12-8-18)28-24(30)4-2-16-26/h5-14H,1-4,15-16H2,(H,27,29)(H,28,30). The number of hydrogen-bond donors (Lipinski definition) is 2. The van der Waals surface area contributed by atoms with Gasteiger partial charge in [-0.3, -0.25) is 9.59 Å². The van der Waals surface area contributed by atoms with Gasteiger partial charge in [0.1, 0.15) is 11.5 Å². The van der Waals surface area contributed by atoms with Crippen LogP contribution in [0.25, 0.3) is 22.6 Å². The van der Waals surface area contributed by atoms with Gasteiger partial charge < -0.3 is 15.1 Å². The Labute approximate surface area is 191 Å². The fourth-order valence-electron chi connectivity index (χ4n) is 2.99. The van der Waals surface area contributed by atoms with Crippen LogP contribution in [-0.4, -0.2) is 23.6 Å². The van der Waals surface area contributed by atoms with Crippen molar-refractivity contribution in [2.75, 3.05) is 22.4 Å². The molecule has 1 aromatic heterocycles. The zero-order valence-electron chi connectivity index (χ0n) is 17.0. The highest BCUT2D eigenvalue weighted by Crippen LogP contribution is 2.30. The van der Waals surface area contributed by atoms with Crippen LogP contribution >= 0.6 is 23.2 Å². The molecule has 0 unspecified atom stereocenters. The molecule has 0 spiro atoms. The van der Waals surface area contributed by atoms with E-state index in [9.17, 15) is 9.59 Å². The molecule has 7 heteroatoms. The number of anilines is 2. The van der Waals surface area contributed by atoms with Crippen molar-refractivity contribution in [2.45, 2.75) is 25.7 Å². The number of hydrogen-bond acceptors (Lipinski definition) is 3. The molecule has 31 heavy (non-hydrogen) atoms. The highest BCUT2D eigenvalue weighted by Gasteiger charge is 2.09. The highest BCUT2D eigenvalue weighted by atomic mass is 35.5. The molecule has 2 amide bonds. The summed E-state index contributed by atoms with van der Waals surface area (Å²) >= 11 is 11.2. The fraction of sp³-hybridized carbons (Fsp3) is 0.250. The first kappa shape index (κ1) is 22.9. The molecular weight excluding hydrogens is 435 g/mol. The third kappa shape index (κ3) is 6.88. The molecule has 5 nitrogen and oxygen atoms in total. The van der Waals surface area contributed by atoms with E-state index in [0.29, 0.717) is 37.4 Å². The number of furan rings is 1. The molecule has 0 fully saturated rings. The number of halogens is 2. The lowest BCUT2D eigenvalue weighted by molar-refractivity contribution is -0.117. The lowest BCUT2D eigenvalue weighted by Gasteiger charge is -2.06. The molecule has 0 bridgehead atoms. The van der Waals surface area contributed by atoms with E-state index in [0.717, 1.165) is 34.0 Å². The highest BCUT2D eigenvalue weighted by molar-refractivity contribution is 6.18. The Hall–Kier alpha value is -2.76. The van der Waals surface area contributed by atoms with E-state index in [1.807, 2.05) is 60.7 Å². The number of benzene rings is 2. The molecule has 0 aliphatic carbocycles. The summed E-state index contributed by atoms with van der Waals surface area (Å²) < 4.78 is 6.00. The zero-order chi connectivity index (χ0) is 22.1.